The lowest BCUT2D eigenvalue weighted by Crippen LogP contribution is -2.60. The van der Waals surface area contributed by atoms with Crippen LogP contribution in [0.2, 0.25) is 0 Å². The lowest BCUT2D eigenvalue weighted by Gasteiger charge is -2.41. The van der Waals surface area contributed by atoms with E-state index in [-0.39, 0.29) is 19.6 Å². The van der Waals surface area contributed by atoms with Crippen LogP contribution in [-0.2, 0) is 38.3 Å². The second-order valence-electron chi connectivity index (χ2n) is 16.7. The zero-order chi connectivity index (χ0) is 45.4. The minimum Gasteiger partial charge on any atom is -0.457 e. The molecule has 1 saturated heterocycles. The van der Waals surface area contributed by atoms with Gasteiger partial charge in [-0.3, -0.25) is 9.35 Å². The van der Waals surface area contributed by atoms with E-state index in [9.17, 15) is 33.1 Å². The Morgan fingerprint density at radius 1 is 0.613 bits per heavy atom. The van der Waals surface area contributed by atoms with Crippen LogP contribution in [-0.4, -0.2) is 97.5 Å². The molecule has 1 heterocycles. The van der Waals surface area contributed by atoms with E-state index >= 15 is 0 Å². The molecule has 62 heavy (non-hydrogen) atoms. The van der Waals surface area contributed by atoms with E-state index in [0.29, 0.717) is 13.0 Å². The SMILES string of the molecule is CCCCC/C=C\C/C=C\CCCCCCCCCCOCC(COC1OC(CO)C(O)C(OS(=O)(=O)O)C1O)OC(=O)CCCCCCCCC/C=C\C/C=C\CCCCC. The Morgan fingerprint density at radius 3 is 1.53 bits per heavy atom. The number of esters is 1. The van der Waals surface area contributed by atoms with Crippen molar-refractivity contribution in [3.8, 4) is 0 Å². The van der Waals surface area contributed by atoms with Crippen LogP contribution in [0.4, 0.5) is 0 Å². The second-order valence-corrected chi connectivity index (χ2v) is 17.7. The van der Waals surface area contributed by atoms with Crippen molar-refractivity contribution in [1.29, 1.82) is 0 Å². The van der Waals surface area contributed by atoms with Crippen LogP contribution in [0, 0.1) is 0 Å². The molecule has 0 bridgehead atoms. The highest BCUT2D eigenvalue weighted by atomic mass is 32.3. The zero-order valence-corrected chi connectivity index (χ0v) is 39.5. The Balaban J connectivity index is 2.40. The van der Waals surface area contributed by atoms with E-state index in [2.05, 4.69) is 66.6 Å². The van der Waals surface area contributed by atoms with E-state index < -0.39 is 59.8 Å². The Labute approximate surface area is 376 Å². The molecule has 1 fully saturated rings. The van der Waals surface area contributed by atoms with Gasteiger partial charge in [-0.05, 0) is 77.0 Å². The third kappa shape index (κ3) is 33.6. The molecular weight excluding hydrogens is 813 g/mol. The molecule has 0 aromatic carbocycles. The summed E-state index contributed by atoms with van der Waals surface area (Å²) in [7, 11) is -5.07. The third-order valence-corrected chi connectivity index (χ3v) is 11.4. The monoisotopic (exact) mass is 901 g/mol. The molecule has 0 amide bonds. The van der Waals surface area contributed by atoms with E-state index in [1.165, 1.54) is 103 Å². The summed E-state index contributed by atoms with van der Waals surface area (Å²) in [6, 6.07) is 0. The van der Waals surface area contributed by atoms with Gasteiger partial charge in [0.05, 0.1) is 19.8 Å². The lowest BCUT2D eigenvalue weighted by molar-refractivity contribution is -0.301. The minimum atomic E-state index is -5.07. The van der Waals surface area contributed by atoms with E-state index in [1.807, 2.05) is 0 Å². The standard InChI is InChI=1S/C49H88O12S/c1-3-5-7-9-11-13-15-17-19-21-23-25-27-29-31-33-35-37-39-57-41-43(42-58-49-47(53)48(61-62(54,55)56)46(52)44(40-50)60-49)59-45(51)38-36-34-32-30-28-26-24-22-20-18-16-14-12-10-8-6-4-2/h11-14,17-20,43-44,46-50,52-53H,3-10,15-16,21-42H2,1-2H3,(H,54,55,56)/b13-11-,14-12-,19-17-,20-18-. The average molecular weight is 901 g/mol. The quantitative estimate of drug-likeness (QED) is 0.0198. The number of carbonyl (C=O) groups is 1. The number of unbranched alkanes of at least 4 members (excludes halogenated alkanes) is 21. The third-order valence-electron chi connectivity index (χ3n) is 10.9. The number of allylic oxidation sites excluding steroid dienone is 8. The summed E-state index contributed by atoms with van der Waals surface area (Å²) in [5, 5.41) is 30.7. The first-order valence-electron chi connectivity index (χ1n) is 24.4. The second kappa shape index (κ2) is 40.6. The molecule has 4 N–H and O–H groups in total. The smallest absolute Gasteiger partial charge is 0.397 e. The van der Waals surface area contributed by atoms with Gasteiger partial charge in [0.15, 0.2) is 6.29 Å². The summed E-state index contributed by atoms with van der Waals surface area (Å²) in [6.45, 7) is 3.92. The molecule has 362 valence electrons. The molecule has 0 aromatic rings. The highest BCUT2D eigenvalue weighted by molar-refractivity contribution is 7.80. The Morgan fingerprint density at radius 2 is 1.06 bits per heavy atom. The summed E-state index contributed by atoms with van der Waals surface area (Å²) < 4.78 is 59.2. The fraction of sp³-hybridized carbons (Fsp3) is 0.816. The fourth-order valence-corrected chi connectivity index (χ4v) is 7.71. The molecule has 0 spiro atoms. The zero-order valence-electron chi connectivity index (χ0n) is 38.7. The Bertz CT molecular complexity index is 1270. The van der Waals surface area contributed by atoms with Crippen LogP contribution in [0.25, 0.3) is 0 Å². The van der Waals surface area contributed by atoms with Crippen LogP contribution >= 0.6 is 0 Å². The summed E-state index contributed by atoms with van der Waals surface area (Å²) in [4.78, 5) is 12.9. The van der Waals surface area contributed by atoms with Gasteiger partial charge in [0.2, 0.25) is 0 Å². The van der Waals surface area contributed by atoms with Crippen molar-refractivity contribution < 1.29 is 56.2 Å². The molecule has 12 nitrogen and oxygen atoms in total. The lowest BCUT2D eigenvalue weighted by atomic mass is 9.99. The van der Waals surface area contributed by atoms with Crippen molar-refractivity contribution in [3.63, 3.8) is 0 Å². The molecule has 6 unspecified atom stereocenters. The van der Waals surface area contributed by atoms with Crippen molar-refractivity contribution in [2.24, 2.45) is 0 Å². The number of aliphatic hydroxyl groups excluding tert-OH is 3. The summed E-state index contributed by atoms with van der Waals surface area (Å²) >= 11 is 0. The molecule has 0 radical (unpaired) electrons. The molecule has 6 atom stereocenters. The van der Waals surface area contributed by atoms with E-state index in [4.69, 9.17) is 18.9 Å². The van der Waals surface area contributed by atoms with Crippen LogP contribution in [0.5, 0.6) is 0 Å². The first-order chi connectivity index (χ1) is 30.1. The van der Waals surface area contributed by atoms with Crippen LogP contribution in [0.15, 0.2) is 48.6 Å². The van der Waals surface area contributed by atoms with Crippen molar-refractivity contribution in [1.82, 2.24) is 0 Å². The highest BCUT2D eigenvalue weighted by Gasteiger charge is 2.48. The van der Waals surface area contributed by atoms with Crippen LogP contribution in [0.1, 0.15) is 194 Å². The number of carbonyl (C=O) groups excluding carboxylic acids is 1. The van der Waals surface area contributed by atoms with Crippen molar-refractivity contribution >= 4 is 16.4 Å². The topological polar surface area (TPSA) is 178 Å². The van der Waals surface area contributed by atoms with Crippen LogP contribution in [0.3, 0.4) is 0 Å². The molecule has 1 aliphatic rings. The van der Waals surface area contributed by atoms with Gasteiger partial charge < -0.3 is 34.3 Å². The number of rotatable bonds is 42. The summed E-state index contributed by atoms with van der Waals surface area (Å²) in [5.74, 6) is -0.410. The number of ether oxygens (including phenoxy) is 4. The van der Waals surface area contributed by atoms with Crippen molar-refractivity contribution in [3.05, 3.63) is 48.6 Å². The first-order valence-corrected chi connectivity index (χ1v) is 25.8. The minimum absolute atomic E-state index is 0.0280. The fourth-order valence-electron chi connectivity index (χ4n) is 7.20. The average Bonchev–Trinajstić information content (AvgIpc) is 3.24. The largest absolute Gasteiger partial charge is 0.457 e. The van der Waals surface area contributed by atoms with Crippen molar-refractivity contribution in [2.75, 3.05) is 26.4 Å². The van der Waals surface area contributed by atoms with Crippen LogP contribution < -0.4 is 0 Å². The Kier molecular flexibility index (Phi) is 38.0. The Hall–Kier alpha value is -1.94. The maximum absolute atomic E-state index is 12.9. The molecule has 0 saturated carbocycles. The maximum Gasteiger partial charge on any atom is 0.397 e. The van der Waals surface area contributed by atoms with E-state index in [1.54, 1.807) is 0 Å². The highest BCUT2D eigenvalue weighted by Crippen LogP contribution is 2.26. The summed E-state index contributed by atoms with van der Waals surface area (Å²) in [6.07, 6.45) is 39.9. The molecule has 1 aliphatic heterocycles. The van der Waals surface area contributed by atoms with Gasteiger partial charge in [-0.15, -0.1) is 0 Å². The van der Waals surface area contributed by atoms with Gasteiger partial charge in [0, 0.05) is 13.0 Å². The summed E-state index contributed by atoms with van der Waals surface area (Å²) in [5.41, 5.74) is 0. The van der Waals surface area contributed by atoms with Gasteiger partial charge in [-0.25, -0.2) is 4.18 Å². The van der Waals surface area contributed by atoms with Crippen molar-refractivity contribution in [2.45, 2.75) is 230 Å². The van der Waals surface area contributed by atoms with Gasteiger partial charge in [0.25, 0.3) is 0 Å². The number of aliphatic hydroxyl groups is 3. The van der Waals surface area contributed by atoms with Gasteiger partial charge in [-0.2, -0.15) is 8.42 Å². The first kappa shape index (κ1) is 58.1. The molecule has 1 rings (SSSR count). The predicted octanol–water partition coefficient (Wildman–Crippen LogP) is 10.7. The maximum atomic E-state index is 12.9. The number of hydrogen-bond acceptors (Lipinski definition) is 11. The van der Waals surface area contributed by atoms with Gasteiger partial charge in [-0.1, -0.05) is 159 Å². The molecule has 0 aliphatic carbocycles. The normalized spacial score (nSPS) is 20.4. The van der Waals surface area contributed by atoms with Gasteiger partial charge in [0.1, 0.15) is 30.5 Å². The molecule has 13 heteroatoms. The molecular formula is C49H88O12S. The van der Waals surface area contributed by atoms with E-state index in [0.717, 1.165) is 64.2 Å². The molecule has 0 aromatic heterocycles. The number of hydrogen-bond donors (Lipinski definition) is 4. The van der Waals surface area contributed by atoms with Gasteiger partial charge >= 0.3 is 16.4 Å². The predicted molar refractivity (Wildman–Crippen MR) is 248 cm³/mol.